The van der Waals surface area contributed by atoms with Crippen LogP contribution in [-0.2, 0) is 6.54 Å². The molecule has 0 bridgehead atoms. The van der Waals surface area contributed by atoms with Gasteiger partial charge in [-0.15, -0.1) is 11.3 Å². The summed E-state index contributed by atoms with van der Waals surface area (Å²) in [5, 5.41) is 2.14. The average Bonchev–Trinajstić information content (AvgIpc) is 3.08. The number of halogens is 1. The van der Waals surface area contributed by atoms with Crippen molar-refractivity contribution < 1.29 is 0 Å². The molecule has 2 nitrogen and oxygen atoms in total. The Morgan fingerprint density at radius 3 is 2.94 bits per heavy atom. The Balaban J connectivity index is 1.91. The first-order valence-electron chi connectivity index (χ1n) is 6.16. The minimum Gasteiger partial charge on any atom is -0.348 e. The van der Waals surface area contributed by atoms with Gasteiger partial charge in [0.1, 0.15) is 5.82 Å². The summed E-state index contributed by atoms with van der Waals surface area (Å²) in [5.41, 5.74) is 1.25. The Hall–Kier alpha value is -0.870. The third-order valence-corrected chi connectivity index (χ3v) is 5.07. The zero-order valence-corrected chi connectivity index (χ0v) is 12.7. The van der Waals surface area contributed by atoms with Crippen LogP contribution in [0, 0.1) is 6.92 Å². The first kappa shape index (κ1) is 12.2. The van der Waals surface area contributed by atoms with Crippen LogP contribution in [0.15, 0.2) is 34.2 Å². The number of rotatable bonds is 4. The maximum Gasteiger partial charge on any atom is 0.143 e. The van der Waals surface area contributed by atoms with E-state index in [4.69, 9.17) is 0 Å². The van der Waals surface area contributed by atoms with Gasteiger partial charge in [-0.2, -0.15) is 0 Å². The van der Waals surface area contributed by atoms with Gasteiger partial charge in [-0.25, -0.2) is 4.98 Å². The van der Waals surface area contributed by atoms with Gasteiger partial charge in [0.15, 0.2) is 0 Å². The van der Waals surface area contributed by atoms with E-state index >= 15 is 0 Å². The van der Waals surface area contributed by atoms with Crippen molar-refractivity contribution in [1.29, 1.82) is 0 Å². The molecule has 0 saturated heterocycles. The monoisotopic (exact) mass is 322 g/mol. The second-order valence-electron chi connectivity index (χ2n) is 4.70. The second-order valence-corrected chi connectivity index (χ2v) is 6.53. The summed E-state index contributed by atoms with van der Waals surface area (Å²) in [6.07, 6.45) is 4.47. The summed E-state index contributed by atoms with van der Waals surface area (Å²) in [6, 6.07) is 7.02. The molecule has 0 atom stereocenters. The highest BCUT2D eigenvalue weighted by atomic mass is 79.9. The zero-order valence-electron chi connectivity index (χ0n) is 10.3. The SMILES string of the molecule is Cc1ccnc(N(Cc2cccs2)C2CC2)c1Br. The minimum atomic E-state index is 0.665. The van der Waals surface area contributed by atoms with E-state index in [1.54, 1.807) is 0 Å². The van der Waals surface area contributed by atoms with Crippen molar-refractivity contribution in [3.8, 4) is 0 Å². The van der Waals surface area contributed by atoms with E-state index in [9.17, 15) is 0 Å². The van der Waals surface area contributed by atoms with Crippen LogP contribution in [0.4, 0.5) is 5.82 Å². The van der Waals surface area contributed by atoms with E-state index in [-0.39, 0.29) is 0 Å². The maximum atomic E-state index is 4.56. The van der Waals surface area contributed by atoms with Crippen LogP contribution in [0.5, 0.6) is 0 Å². The molecule has 0 unspecified atom stereocenters. The fourth-order valence-electron chi connectivity index (χ4n) is 2.06. The first-order valence-corrected chi connectivity index (χ1v) is 7.83. The van der Waals surface area contributed by atoms with Gasteiger partial charge >= 0.3 is 0 Å². The van der Waals surface area contributed by atoms with Gasteiger partial charge in [-0.1, -0.05) is 6.07 Å². The lowest BCUT2D eigenvalue weighted by molar-refractivity contribution is 0.783. The van der Waals surface area contributed by atoms with Gasteiger partial charge in [0.2, 0.25) is 0 Å². The van der Waals surface area contributed by atoms with Crippen molar-refractivity contribution in [2.75, 3.05) is 4.90 Å². The molecule has 0 amide bonds. The highest BCUT2D eigenvalue weighted by Crippen LogP contribution is 2.37. The summed E-state index contributed by atoms with van der Waals surface area (Å²) in [5.74, 6) is 1.09. The molecule has 0 spiro atoms. The van der Waals surface area contributed by atoms with Crippen molar-refractivity contribution in [2.45, 2.75) is 32.4 Å². The third kappa shape index (κ3) is 2.45. The molecule has 0 aliphatic heterocycles. The maximum absolute atomic E-state index is 4.56. The molecule has 2 aromatic rings. The molecule has 3 rings (SSSR count). The highest BCUT2D eigenvalue weighted by Gasteiger charge is 2.31. The van der Waals surface area contributed by atoms with Crippen molar-refractivity contribution in [3.63, 3.8) is 0 Å². The standard InChI is InChI=1S/C14H15BrN2S/c1-10-6-7-16-14(13(10)15)17(11-4-5-11)9-12-3-2-8-18-12/h2-3,6-8,11H,4-5,9H2,1H3. The summed E-state index contributed by atoms with van der Waals surface area (Å²) in [4.78, 5) is 8.40. The van der Waals surface area contributed by atoms with Crippen LogP contribution < -0.4 is 4.90 Å². The van der Waals surface area contributed by atoms with Gasteiger partial charge in [-0.3, -0.25) is 0 Å². The lowest BCUT2D eigenvalue weighted by Crippen LogP contribution is -2.26. The molecule has 1 saturated carbocycles. The lowest BCUT2D eigenvalue weighted by Gasteiger charge is -2.24. The van der Waals surface area contributed by atoms with Gasteiger partial charge in [0.05, 0.1) is 11.0 Å². The van der Waals surface area contributed by atoms with Crippen molar-refractivity contribution in [1.82, 2.24) is 4.98 Å². The Bertz CT molecular complexity index is 535. The zero-order chi connectivity index (χ0) is 12.5. The molecular weight excluding hydrogens is 308 g/mol. The van der Waals surface area contributed by atoms with E-state index in [1.807, 2.05) is 23.6 Å². The molecule has 0 aromatic carbocycles. The molecule has 0 radical (unpaired) electrons. The Kier molecular flexibility index (Phi) is 3.39. The Morgan fingerprint density at radius 2 is 2.28 bits per heavy atom. The molecular formula is C14H15BrN2S. The number of pyridine rings is 1. The van der Waals surface area contributed by atoms with Gasteiger partial charge in [0.25, 0.3) is 0 Å². The third-order valence-electron chi connectivity index (χ3n) is 3.23. The predicted octanol–water partition coefficient (Wildman–Crippen LogP) is 4.38. The van der Waals surface area contributed by atoms with E-state index in [0.29, 0.717) is 6.04 Å². The lowest BCUT2D eigenvalue weighted by atomic mass is 10.2. The largest absolute Gasteiger partial charge is 0.348 e. The van der Waals surface area contributed by atoms with Gasteiger partial charge < -0.3 is 4.90 Å². The van der Waals surface area contributed by atoms with Crippen LogP contribution in [0.3, 0.4) is 0 Å². The summed E-state index contributed by atoms with van der Waals surface area (Å²) >= 11 is 5.50. The number of aromatic nitrogens is 1. The summed E-state index contributed by atoms with van der Waals surface area (Å²) in [6.45, 7) is 3.09. The average molecular weight is 323 g/mol. The van der Waals surface area contributed by atoms with Crippen molar-refractivity contribution in [2.24, 2.45) is 0 Å². The number of hydrogen-bond acceptors (Lipinski definition) is 3. The number of nitrogens with zero attached hydrogens (tertiary/aromatic N) is 2. The highest BCUT2D eigenvalue weighted by molar-refractivity contribution is 9.10. The second kappa shape index (κ2) is 5.02. The molecule has 18 heavy (non-hydrogen) atoms. The normalized spacial score (nSPS) is 14.8. The number of hydrogen-bond donors (Lipinski definition) is 0. The van der Waals surface area contributed by atoms with Crippen molar-refractivity contribution >= 4 is 33.1 Å². The van der Waals surface area contributed by atoms with E-state index in [2.05, 4.69) is 50.3 Å². The summed E-state index contributed by atoms with van der Waals surface area (Å²) < 4.78 is 1.13. The molecule has 1 aliphatic carbocycles. The van der Waals surface area contributed by atoms with E-state index in [1.165, 1.54) is 23.3 Å². The quantitative estimate of drug-likeness (QED) is 0.830. The molecule has 4 heteroatoms. The summed E-state index contributed by atoms with van der Waals surface area (Å²) in [7, 11) is 0. The molecule has 1 fully saturated rings. The van der Waals surface area contributed by atoms with E-state index < -0.39 is 0 Å². The molecule has 2 aromatic heterocycles. The molecule has 94 valence electrons. The topological polar surface area (TPSA) is 16.1 Å². The first-order chi connectivity index (χ1) is 8.75. The van der Waals surface area contributed by atoms with Gasteiger partial charge in [0, 0.05) is 17.1 Å². The fourth-order valence-corrected chi connectivity index (χ4v) is 3.22. The van der Waals surface area contributed by atoms with Crippen LogP contribution in [-0.4, -0.2) is 11.0 Å². The van der Waals surface area contributed by atoms with Gasteiger partial charge in [-0.05, 0) is 58.8 Å². The van der Waals surface area contributed by atoms with Crippen LogP contribution >= 0.6 is 27.3 Å². The molecule has 0 N–H and O–H groups in total. The number of anilines is 1. The number of thiophene rings is 1. The van der Waals surface area contributed by atoms with Crippen LogP contribution in [0.1, 0.15) is 23.3 Å². The molecule has 2 heterocycles. The Labute approximate surface area is 120 Å². The predicted molar refractivity (Wildman–Crippen MR) is 80.2 cm³/mol. The number of aryl methyl sites for hydroxylation is 1. The smallest absolute Gasteiger partial charge is 0.143 e. The van der Waals surface area contributed by atoms with Crippen LogP contribution in [0.25, 0.3) is 0 Å². The fraction of sp³-hybridized carbons (Fsp3) is 0.357. The van der Waals surface area contributed by atoms with Crippen molar-refractivity contribution in [3.05, 3.63) is 44.7 Å². The Morgan fingerprint density at radius 1 is 1.44 bits per heavy atom. The van der Waals surface area contributed by atoms with E-state index in [0.717, 1.165) is 16.8 Å². The van der Waals surface area contributed by atoms with Crippen LogP contribution in [0.2, 0.25) is 0 Å². The molecule has 1 aliphatic rings. The minimum absolute atomic E-state index is 0.665.